The van der Waals surface area contributed by atoms with Crippen LogP contribution in [-0.2, 0) is 10.0 Å². The number of rotatable bonds is 3. The van der Waals surface area contributed by atoms with Crippen LogP contribution in [0, 0.1) is 0 Å². The minimum atomic E-state index is -3.62. The Bertz CT molecular complexity index is 722. The highest BCUT2D eigenvalue weighted by atomic mass is 35.5. The van der Waals surface area contributed by atoms with E-state index in [2.05, 4.69) is 15.0 Å². The van der Waals surface area contributed by atoms with Gasteiger partial charge in [-0.2, -0.15) is 4.31 Å². The Balaban J connectivity index is 1.96. The molecule has 0 bridgehead atoms. The predicted molar refractivity (Wildman–Crippen MR) is 77.1 cm³/mol. The molecule has 0 saturated carbocycles. The molecular formula is C13H13ClN4O2S. The summed E-state index contributed by atoms with van der Waals surface area (Å²) in [6.07, 6.45) is 7.44. The number of nitrogens with zero attached hydrogens (tertiary/aromatic N) is 4. The number of hydrogen-bond acceptors (Lipinski definition) is 5. The topological polar surface area (TPSA) is 76.1 Å². The van der Waals surface area contributed by atoms with Crippen molar-refractivity contribution in [2.45, 2.75) is 23.8 Å². The first-order valence-corrected chi connectivity index (χ1v) is 8.30. The predicted octanol–water partition coefficient (Wildman–Crippen LogP) is 2.05. The van der Waals surface area contributed by atoms with Gasteiger partial charge in [-0.25, -0.2) is 18.4 Å². The van der Waals surface area contributed by atoms with Crippen molar-refractivity contribution in [3.63, 3.8) is 0 Å². The standard InChI is InChI=1S/C13H13ClN4O2S/c14-13-16-8-11(9-17-13)21(19,20)18-7-1-2-12(18)10-3-5-15-6-4-10/h3-6,8-9,12H,1-2,7H2. The molecule has 8 heteroatoms. The first-order valence-electron chi connectivity index (χ1n) is 6.48. The van der Waals surface area contributed by atoms with Crippen molar-refractivity contribution < 1.29 is 8.42 Å². The highest BCUT2D eigenvalue weighted by Crippen LogP contribution is 2.35. The van der Waals surface area contributed by atoms with Crippen LogP contribution in [-0.4, -0.2) is 34.2 Å². The number of halogens is 1. The molecule has 3 heterocycles. The third-order valence-electron chi connectivity index (χ3n) is 3.50. The van der Waals surface area contributed by atoms with E-state index in [-0.39, 0.29) is 16.2 Å². The normalized spacial score (nSPS) is 19.8. The lowest BCUT2D eigenvalue weighted by molar-refractivity contribution is 0.396. The van der Waals surface area contributed by atoms with Gasteiger partial charge >= 0.3 is 0 Å². The molecule has 0 radical (unpaired) electrons. The molecule has 0 amide bonds. The summed E-state index contributed by atoms with van der Waals surface area (Å²) in [6.45, 7) is 0.484. The van der Waals surface area contributed by atoms with Crippen LogP contribution in [0.15, 0.2) is 41.8 Å². The second-order valence-electron chi connectivity index (χ2n) is 4.74. The van der Waals surface area contributed by atoms with Crippen molar-refractivity contribution in [1.82, 2.24) is 19.3 Å². The Hall–Kier alpha value is -1.57. The Kier molecular flexibility index (Phi) is 3.88. The zero-order chi connectivity index (χ0) is 14.9. The second kappa shape index (κ2) is 5.67. The van der Waals surface area contributed by atoms with Gasteiger partial charge in [0.2, 0.25) is 15.3 Å². The smallest absolute Gasteiger partial charge is 0.246 e. The van der Waals surface area contributed by atoms with Crippen molar-refractivity contribution >= 4 is 21.6 Å². The van der Waals surface area contributed by atoms with Crippen molar-refractivity contribution in [3.05, 3.63) is 47.8 Å². The van der Waals surface area contributed by atoms with Crippen molar-refractivity contribution in [3.8, 4) is 0 Å². The first-order chi connectivity index (χ1) is 10.1. The van der Waals surface area contributed by atoms with Crippen LogP contribution in [0.3, 0.4) is 0 Å². The molecule has 2 aromatic rings. The number of aromatic nitrogens is 3. The van der Waals surface area contributed by atoms with Crippen LogP contribution in [0.4, 0.5) is 0 Å². The summed E-state index contributed by atoms with van der Waals surface area (Å²) in [5, 5.41) is 0.0288. The first kappa shape index (κ1) is 14.4. The van der Waals surface area contributed by atoms with Crippen LogP contribution in [0.1, 0.15) is 24.4 Å². The van der Waals surface area contributed by atoms with Gasteiger partial charge in [0, 0.05) is 18.9 Å². The lowest BCUT2D eigenvalue weighted by atomic mass is 10.1. The fourth-order valence-corrected chi connectivity index (χ4v) is 4.19. The van der Waals surface area contributed by atoms with Gasteiger partial charge in [0.15, 0.2) is 0 Å². The summed E-state index contributed by atoms with van der Waals surface area (Å²) in [5.74, 6) is 0. The Morgan fingerprint density at radius 3 is 2.52 bits per heavy atom. The lowest BCUT2D eigenvalue weighted by Gasteiger charge is -2.24. The molecule has 0 N–H and O–H groups in total. The van der Waals surface area contributed by atoms with E-state index in [4.69, 9.17) is 11.6 Å². The monoisotopic (exact) mass is 324 g/mol. The molecule has 2 aromatic heterocycles. The number of hydrogen-bond donors (Lipinski definition) is 0. The van der Waals surface area contributed by atoms with Gasteiger partial charge in [-0.05, 0) is 42.1 Å². The van der Waals surface area contributed by atoms with E-state index in [1.54, 1.807) is 12.4 Å². The molecule has 110 valence electrons. The van der Waals surface area contributed by atoms with Gasteiger partial charge in [-0.1, -0.05) is 0 Å². The molecule has 1 saturated heterocycles. The summed E-state index contributed by atoms with van der Waals surface area (Å²) in [5.41, 5.74) is 0.945. The van der Waals surface area contributed by atoms with E-state index in [1.807, 2.05) is 12.1 Å². The van der Waals surface area contributed by atoms with E-state index in [0.29, 0.717) is 6.54 Å². The highest BCUT2D eigenvalue weighted by molar-refractivity contribution is 7.89. The molecule has 1 aliphatic rings. The van der Waals surface area contributed by atoms with Gasteiger partial charge < -0.3 is 0 Å². The minimum Gasteiger partial charge on any atom is -0.265 e. The van der Waals surface area contributed by atoms with Crippen LogP contribution >= 0.6 is 11.6 Å². The summed E-state index contributed by atoms with van der Waals surface area (Å²) < 4.78 is 26.9. The minimum absolute atomic E-state index is 0.0288. The molecule has 0 aromatic carbocycles. The van der Waals surface area contributed by atoms with Gasteiger partial charge in [0.05, 0.1) is 18.4 Å². The van der Waals surface area contributed by atoms with Crippen LogP contribution in [0.5, 0.6) is 0 Å². The van der Waals surface area contributed by atoms with Crippen LogP contribution in [0.2, 0.25) is 5.28 Å². The Labute approximate surface area is 127 Å². The zero-order valence-corrected chi connectivity index (χ0v) is 12.6. The second-order valence-corrected chi connectivity index (χ2v) is 6.97. The van der Waals surface area contributed by atoms with Gasteiger partial charge in [-0.3, -0.25) is 4.98 Å². The molecule has 6 nitrogen and oxygen atoms in total. The van der Waals surface area contributed by atoms with Gasteiger partial charge in [0.1, 0.15) is 4.90 Å². The Morgan fingerprint density at radius 2 is 1.86 bits per heavy atom. The SMILES string of the molecule is O=S(=O)(c1cnc(Cl)nc1)N1CCCC1c1ccncc1. The van der Waals surface area contributed by atoms with E-state index in [9.17, 15) is 8.42 Å². The fraction of sp³-hybridized carbons (Fsp3) is 0.308. The highest BCUT2D eigenvalue weighted by Gasteiger charge is 2.36. The lowest BCUT2D eigenvalue weighted by Crippen LogP contribution is -2.30. The molecule has 1 atom stereocenters. The zero-order valence-electron chi connectivity index (χ0n) is 11.1. The summed E-state index contributed by atoms with van der Waals surface area (Å²) in [7, 11) is -3.62. The third-order valence-corrected chi connectivity index (χ3v) is 5.55. The molecule has 3 rings (SSSR count). The average molecular weight is 325 g/mol. The number of sulfonamides is 1. The summed E-state index contributed by atoms with van der Waals surface area (Å²) in [6, 6.07) is 3.52. The summed E-state index contributed by atoms with van der Waals surface area (Å²) >= 11 is 5.61. The molecule has 0 spiro atoms. The van der Waals surface area contributed by atoms with Crippen molar-refractivity contribution in [2.75, 3.05) is 6.54 Å². The van der Waals surface area contributed by atoms with E-state index in [0.717, 1.165) is 18.4 Å². The molecule has 21 heavy (non-hydrogen) atoms. The molecule has 1 unspecified atom stereocenters. The van der Waals surface area contributed by atoms with Gasteiger partial charge in [0.25, 0.3) is 0 Å². The third kappa shape index (κ3) is 2.76. The van der Waals surface area contributed by atoms with Gasteiger partial charge in [-0.15, -0.1) is 0 Å². The fourth-order valence-electron chi connectivity index (χ4n) is 2.52. The quantitative estimate of drug-likeness (QED) is 0.808. The Morgan fingerprint density at radius 1 is 1.19 bits per heavy atom. The van der Waals surface area contributed by atoms with E-state index in [1.165, 1.54) is 16.7 Å². The van der Waals surface area contributed by atoms with Crippen molar-refractivity contribution in [2.24, 2.45) is 0 Å². The molecule has 0 aliphatic carbocycles. The molecular weight excluding hydrogens is 312 g/mol. The molecule has 1 aliphatic heterocycles. The maximum atomic E-state index is 12.7. The van der Waals surface area contributed by atoms with Crippen LogP contribution < -0.4 is 0 Å². The summed E-state index contributed by atoms with van der Waals surface area (Å²) in [4.78, 5) is 11.5. The average Bonchev–Trinajstić information content (AvgIpc) is 2.99. The van der Waals surface area contributed by atoms with E-state index >= 15 is 0 Å². The molecule has 1 fully saturated rings. The maximum Gasteiger partial charge on any atom is 0.246 e. The number of pyridine rings is 1. The largest absolute Gasteiger partial charge is 0.265 e. The van der Waals surface area contributed by atoms with Crippen LogP contribution in [0.25, 0.3) is 0 Å². The van der Waals surface area contributed by atoms with Crippen molar-refractivity contribution in [1.29, 1.82) is 0 Å². The van der Waals surface area contributed by atoms with E-state index < -0.39 is 10.0 Å². The maximum absolute atomic E-state index is 12.7.